The molecule has 16 heavy (non-hydrogen) atoms. The Morgan fingerprint density at radius 3 is 2.31 bits per heavy atom. The average molecular weight is 224 g/mol. The van der Waals surface area contributed by atoms with Gasteiger partial charge in [-0.3, -0.25) is 4.79 Å². The minimum absolute atomic E-state index is 0.0753. The molecule has 0 rings (SSSR count). The third kappa shape index (κ3) is 8.27. The summed E-state index contributed by atoms with van der Waals surface area (Å²) in [4.78, 5) is 11.5. The van der Waals surface area contributed by atoms with Crippen molar-refractivity contribution in [3.63, 3.8) is 0 Å². The highest BCUT2D eigenvalue weighted by atomic mass is 16.5. The second-order valence-electron chi connectivity index (χ2n) is 3.97. The summed E-state index contributed by atoms with van der Waals surface area (Å²) in [6, 6.07) is 0. The fourth-order valence-corrected chi connectivity index (χ4v) is 1.51. The van der Waals surface area contributed by atoms with Gasteiger partial charge in [0.1, 0.15) is 6.10 Å². The lowest BCUT2D eigenvalue weighted by Gasteiger charge is -2.14. The van der Waals surface area contributed by atoms with Crippen molar-refractivity contribution in [2.24, 2.45) is 0 Å². The number of hydrogen-bond donors (Lipinski definition) is 0. The van der Waals surface area contributed by atoms with Crippen LogP contribution in [-0.4, -0.2) is 12.1 Å². The highest BCUT2D eigenvalue weighted by molar-refractivity contribution is 5.69. The van der Waals surface area contributed by atoms with Gasteiger partial charge in [0.2, 0.25) is 0 Å². The zero-order chi connectivity index (χ0) is 12.2. The van der Waals surface area contributed by atoms with Crippen molar-refractivity contribution < 1.29 is 9.53 Å². The zero-order valence-corrected chi connectivity index (χ0v) is 10.4. The maximum atomic E-state index is 11.5. The molecule has 92 valence electrons. The highest BCUT2D eigenvalue weighted by Gasteiger charge is 2.10. The van der Waals surface area contributed by atoms with Crippen molar-refractivity contribution in [2.45, 2.75) is 58.0 Å². The Hall–Kier alpha value is -1.05. The first-order chi connectivity index (χ1) is 7.74. The number of ether oxygens (including phenoxy) is 1. The van der Waals surface area contributed by atoms with Gasteiger partial charge in [0.05, 0.1) is 0 Å². The van der Waals surface area contributed by atoms with Gasteiger partial charge in [-0.25, -0.2) is 0 Å². The molecule has 2 heteroatoms. The third-order valence-corrected chi connectivity index (χ3v) is 2.39. The van der Waals surface area contributed by atoms with Crippen LogP contribution < -0.4 is 0 Å². The maximum Gasteiger partial charge on any atom is 0.306 e. The van der Waals surface area contributed by atoms with Gasteiger partial charge in [-0.15, -0.1) is 13.2 Å². The van der Waals surface area contributed by atoms with Crippen LogP contribution in [0.5, 0.6) is 0 Å². The van der Waals surface area contributed by atoms with Crippen LogP contribution in [0.2, 0.25) is 0 Å². The van der Waals surface area contributed by atoms with E-state index in [-0.39, 0.29) is 12.1 Å². The van der Waals surface area contributed by atoms with Gasteiger partial charge >= 0.3 is 5.97 Å². The van der Waals surface area contributed by atoms with E-state index in [2.05, 4.69) is 20.1 Å². The number of unbranched alkanes of at least 4 members (excludes halogenated alkanes) is 3. The van der Waals surface area contributed by atoms with Gasteiger partial charge in [0.15, 0.2) is 0 Å². The van der Waals surface area contributed by atoms with Crippen molar-refractivity contribution in [1.29, 1.82) is 0 Å². The van der Waals surface area contributed by atoms with Crippen LogP contribution in [0.1, 0.15) is 51.9 Å². The van der Waals surface area contributed by atoms with Crippen molar-refractivity contribution in [1.82, 2.24) is 0 Å². The van der Waals surface area contributed by atoms with Crippen LogP contribution >= 0.6 is 0 Å². The molecule has 2 nitrogen and oxygen atoms in total. The lowest BCUT2D eigenvalue weighted by atomic mass is 10.1. The second kappa shape index (κ2) is 10.5. The molecule has 0 radical (unpaired) electrons. The summed E-state index contributed by atoms with van der Waals surface area (Å²) < 4.78 is 5.33. The topological polar surface area (TPSA) is 26.3 Å². The molecule has 0 saturated carbocycles. The smallest absolute Gasteiger partial charge is 0.306 e. The van der Waals surface area contributed by atoms with E-state index in [1.807, 2.05) is 0 Å². The summed E-state index contributed by atoms with van der Waals surface area (Å²) in [6.07, 6.45) is 9.83. The van der Waals surface area contributed by atoms with E-state index in [4.69, 9.17) is 4.74 Å². The predicted molar refractivity (Wildman–Crippen MR) is 68.3 cm³/mol. The largest absolute Gasteiger partial charge is 0.462 e. The summed E-state index contributed by atoms with van der Waals surface area (Å²) in [5.41, 5.74) is 0. The van der Waals surface area contributed by atoms with Gasteiger partial charge in [-0.2, -0.15) is 0 Å². The molecule has 0 fully saturated rings. The van der Waals surface area contributed by atoms with Gasteiger partial charge in [0.25, 0.3) is 0 Å². The van der Waals surface area contributed by atoms with Crippen LogP contribution in [0.25, 0.3) is 0 Å². The Balaban J connectivity index is 3.71. The molecular weight excluding hydrogens is 200 g/mol. The summed E-state index contributed by atoms with van der Waals surface area (Å²) in [7, 11) is 0. The number of carbonyl (C=O) groups excluding carboxylic acids is 1. The van der Waals surface area contributed by atoms with Crippen LogP contribution in [-0.2, 0) is 9.53 Å². The molecule has 0 unspecified atom stereocenters. The zero-order valence-electron chi connectivity index (χ0n) is 10.4. The third-order valence-electron chi connectivity index (χ3n) is 2.39. The van der Waals surface area contributed by atoms with Gasteiger partial charge in [-0.05, 0) is 6.42 Å². The van der Waals surface area contributed by atoms with E-state index in [1.54, 1.807) is 12.2 Å². The van der Waals surface area contributed by atoms with E-state index in [0.717, 1.165) is 12.8 Å². The number of carbonyl (C=O) groups is 1. The maximum absolute atomic E-state index is 11.5. The van der Waals surface area contributed by atoms with E-state index in [1.165, 1.54) is 12.8 Å². The summed E-state index contributed by atoms with van der Waals surface area (Å²) in [5, 5.41) is 0. The number of hydrogen-bond acceptors (Lipinski definition) is 2. The number of esters is 1. The van der Waals surface area contributed by atoms with Gasteiger partial charge < -0.3 is 4.74 Å². The molecule has 0 saturated heterocycles. The average Bonchev–Trinajstić information content (AvgIpc) is 2.25. The normalized spacial score (nSPS) is 10.1. The Morgan fingerprint density at radius 2 is 1.81 bits per heavy atom. The van der Waals surface area contributed by atoms with Gasteiger partial charge in [-0.1, -0.05) is 38.3 Å². The van der Waals surface area contributed by atoms with Crippen LogP contribution in [0.15, 0.2) is 25.3 Å². The van der Waals surface area contributed by atoms with E-state index in [9.17, 15) is 4.79 Å². The quantitative estimate of drug-likeness (QED) is 0.318. The first-order valence-corrected chi connectivity index (χ1v) is 6.15. The van der Waals surface area contributed by atoms with Crippen molar-refractivity contribution >= 4 is 5.97 Å². The van der Waals surface area contributed by atoms with Crippen LogP contribution in [0.4, 0.5) is 0 Å². The molecule has 0 bridgehead atoms. The van der Waals surface area contributed by atoms with Crippen LogP contribution in [0, 0.1) is 0 Å². The fraction of sp³-hybridized carbons (Fsp3) is 0.643. The molecule has 0 atom stereocenters. The Labute approximate surface area is 99.4 Å². The number of rotatable bonds is 10. The summed E-state index contributed by atoms with van der Waals surface area (Å²) in [5.74, 6) is -0.0928. The molecule has 0 aromatic heterocycles. The molecule has 0 aliphatic heterocycles. The Kier molecular flexibility index (Phi) is 9.78. The minimum atomic E-state index is -0.0928. The summed E-state index contributed by atoms with van der Waals surface area (Å²) in [6.45, 7) is 9.46. The van der Waals surface area contributed by atoms with E-state index < -0.39 is 0 Å². The summed E-state index contributed by atoms with van der Waals surface area (Å²) >= 11 is 0. The molecule has 0 amide bonds. The molecule has 0 N–H and O–H groups in total. The Bertz CT molecular complexity index is 199. The lowest BCUT2D eigenvalue weighted by molar-refractivity contribution is -0.148. The second-order valence-corrected chi connectivity index (χ2v) is 3.97. The minimum Gasteiger partial charge on any atom is -0.462 e. The van der Waals surface area contributed by atoms with E-state index in [0.29, 0.717) is 19.3 Å². The van der Waals surface area contributed by atoms with Gasteiger partial charge in [0, 0.05) is 19.3 Å². The van der Waals surface area contributed by atoms with Crippen molar-refractivity contribution in [2.75, 3.05) is 0 Å². The van der Waals surface area contributed by atoms with Crippen molar-refractivity contribution in [3.8, 4) is 0 Å². The standard InChI is InChI=1S/C14H24O2/c1-4-7-8-9-12-14(15)16-13(10-5-2)11-6-3/h5-6,13H,2-4,7-12H2,1H3. The monoisotopic (exact) mass is 224 g/mol. The fourth-order valence-electron chi connectivity index (χ4n) is 1.51. The first kappa shape index (κ1) is 14.9. The molecule has 0 heterocycles. The molecule has 0 aromatic rings. The van der Waals surface area contributed by atoms with Crippen molar-refractivity contribution in [3.05, 3.63) is 25.3 Å². The highest BCUT2D eigenvalue weighted by Crippen LogP contribution is 2.09. The molecular formula is C14H24O2. The molecule has 0 aliphatic rings. The molecule has 0 aliphatic carbocycles. The lowest BCUT2D eigenvalue weighted by Crippen LogP contribution is -2.16. The molecule has 0 aromatic carbocycles. The van der Waals surface area contributed by atoms with Crippen LogP contribution in [0.3, 0.4) is 0 Å². The SMILES string of the molecule is C=CCC(CC=C)OC(=O)CCCCCC. The predicted octanol–water partition coefficient (Wildman–Crippen LogP) is 4.02. The van der Waals surface area contributed by atoms with E-state index >= 15 is 0 Å². The Morgan fingerprint density at radius 1 is 1.19 bits per heavy atom. The molecule has 0 spiro atoms. The first-order valence-electron chi connectivity index (χ1n) is 6.15.